The monoisotopic (exact) mass is 1340 g/mol. The van der Waals surface area contributed by atoms with Crippen LogP contribution in [-0.2, 0) is 86.3 Å². The Morgan fingerprint density at radius 1 is 0.309 bits per heavy atom. The van der Waals surface area contributed by atoms with Gasteiger partial charge >= 0.3 is 0 Å². The van der Waals surface area contributed by atoms with Gasteiger partial charge in [-0.05, 0) is 183 Å². The van der Waals surface area contributed by atoms with E-state index in [1.54, 1.807) is 86.1 Å². The van der Waals surface area contributed by atoms with E-state index in [-0.39, 0.29) is 59.4 Å². The Balaban J connectivity index is 0.000000776. The van der Waals surface area contributed by atoms with Gasteiger partial charge in [0.1, 0.15) is 35.2 Å². The van der Waals surface area contributed by atoms with E-state index in [2.05, 4.69) is 36.7 Å². The number of nitrogens with zero attached hydrogens (tertiary/aromatic N) is 5. The number of hydrogen-bond donors (Lipinski definition) is 0. The highest BCUT2D eigenvalue weighted by molar-refractivity contribution is 5.65. The van der Waals surface area contributed by atoms with Crippen LogP contribution in [0.3, 0.4) is 0 Å². The molecule has 97 heavy (non-hydrogen) atoms. The molecule has 0 bridgehead atoms. The van der Waals surface area contributed by atoms with Crippen molar-refractivity contribution < 1.29 is 61.2 Å². The standard InChI is InChI=1S/2C18H24N.3C17H22N.5CH4/c1-6-15-12-19(5)18(11-17(15)13(2)3)16-10-8-7-9-14(16)4;1-6-15-11-18(16-10-8-7-9-14(16)4)19(5)12-17(15)13(2)3;3*1-5-14-11-17(18(4)12-15(14)6-2)16-10-8-7-9-13(16)3;;;;;/h2*7-13H,6H2,1-5H3;3*7-12H,5-6H2,1-4H3;5*1H4/q5*+1;;;;;/i2*2D3,6D2,13D;1D3,2D3,5D2,6D2;5D2,6D2;5D2;;;;;. The van der Waals surface area contributed by atoms with Gasteiger partial charge in [-0.3, -0.25) is 0 Å². The molecule has 2 atom stereocenters. The van der Waals surface area contributed by atoms with Crippen molar-refractivity contribution in [3.05, 3.63) is 266 Å². The molecule has 0 amide bonds. The number of aromatic nitrogens is 5. The molecule has 5 aromatic carbocycles. The Morgan fingerprint density at radius 2 is 0.557 bits per heavy atom. The second-order valence-corrected chi connectivity index (χ2v) is 22.8. The van der Waals surface area contributed by atoms with E-state index >= 15 is 0 Å². The molecule has 0 aliphatic heterocycles. The van der Waals surface area contributed by atoms with E-state index in [4.69, 9.17) is 38.4 Å². The van der Waals surface area contributed by atoms with E-state index in [0.29, 0.717) is 22.4 Å². The van der Waals surface area contributed by atoms with Crippen LogP contribution in [0.15, 0.2) is 183 Å². The lowest BCUT2D eigenvalue weighted by atomic mass is 9.94. The first-order chi connectivity index (χ1) is 54.4. The normalized spacial score (nSPS) is 17.3. The van der Waals surface area contributed by atoms with E-state index in [9.17, 15) is 0 Å². The molecule has 0 radical (unpaired) electrons. The summed E-state index contributed by atoms with van der Waals surface area (Å²) in [6, 6.07) is 47.2. The Kier molecular flexibility index (Phi) is 21.7. The van der Waals surface area contributed by atoms with Gasteiger partial charge in [0.15, 0.2) is 31.0 Å². The summed E-state index contributed by atoms with van der Waals surface area (Å²) < 4.78 is 231. The van der Waals surface area contributed by atoms with Crippen LogP contribution >= 0.6 is 0 Å². The zero-order valence-corrected chi connectivity index (χ0v) is 57.3. The minimum atomic E-state index is -3.12. The summed E-state index contributed by atoms with van der Waals surface area (Å²) in [5.41, 5.74) is 16.4. The van der Waals surface area contributed by atoms with Gasteiger partial charge in [0, 0.05) is 124 Å². The van der Waals surface area contributed by atoms with Crippen LogP contribution in [0.5, 0.6) is 0 Å². The maximum absolute atomic E-state index is 8.48. The molecule has 2 unspecified atom stereocenters. The highest BCUT2D eigenvalue weighted by Gasteiger charge is 2.22. The molecule has 10 rings (SSSR count). The topological polar surface area (TPSA) is 19.4 Å². The minimum Gasteiger partial charge on any atom is -0.201 e. The lowest BCUT2D eigenvalue weighted by molar-refractivity contribution is -0.661. The number of aryl methyl sites for hydroxylation is 18. The number of pyridine rings is 5. The van der Waals surface area contributed by atoms with Crippen LogP contribution in [0.2, 0.25) is 0 Å². The summed E-state index contributed by atoms with van der Waals surface area (Å²) in [6.07, 6.45) is -4.99. The van der Waals surface area contributed by atoms with Crippen molar-refractivity contribution in [1.29, 1.82) is 0 Å². The smallest absolute Gasteiger partial charge is 0.201 e. The van der Waals surface area contributed by atoms with Crippen molar-refractivity contribution in [2.75, 3.05) is 0 Å². The van der Waals surface area contributed by atoms with Crippen molar-refractivity contribution in [2.45, 2.75) is 217 Å². The van der Waals surface area contributed by atoms with Gasteiger partial charge in [0.25, 0.3) is 0 Å². The Hall–Kier alpha value is -8.15. The second kappa shape index (κ2) is 41.8. The lowest BCUT2D eigenvalue weighted by Gasteiger charge is -2.13. The molecular formula is C92H134N5+5. The third-order valence-electron chi connectivity index (χ3n) is 16.4. The highest BCUT2D eigenvalue weighted by atomic mass is 14.9. The van der Waals surface area contributed by atoms with Gasteiger partial charge in [-0.15, -0.1) is 0 Å². The van der Waals surface area contributed by atoms with Crippen LogP contribution in [0.4, 0.5) is 0 Å². The van der Waals surface area contributed by atoms with Crippen molar-refractivity contribution in [2.24, 2.45) is 35.2 Å². The first-order valence-corrected chi connectivity index (χ1v) is 30.9. The van der Waals surface area contributed by atoms with Crippen LogP contribution in [-0.4, -0.2) is 0 Å². The van der Waals surface area contributed by atoms with E-state index in [1.807, 2.05) is 149 Å². The summed E-state index contributed by atoms with van der Waals surface area (Å²) in [6.45, 7) is 10.6. The zero-order chi connectivity index (χ0) is 91.7. The molecule has 5 heterocycles. The molecule has 522 valence electrons. The summed E-state index contributed by atoms with van der Waals surface area (Å²) in [5, 5.41) is 0. The SMILES string of the molecule is C.C.C.C.C.[2H]C([2H])(C)c1c[n+](C)c(-c2ccccc2C)cc1C([2H])(C)C([2H])([2H])[2H].[2H]C([2H])(C)c1cc(-c2ccccc2C)[n+](C)cc1C([2H])(C)C([2H])([2H])[2H].[2H]C([2H])(C)c1cc(-c2ccccc2C)[n+](C)cc1C([2H])([2H])C.[2H]C([2H])(C)c1cc(-c2ccccc2C)[n+](C)cc1CC.[2H]C([2H])([2H])C([2H])([2H])c1cc(-c2ccccc2C)[n+](C)cc1C([2H])([2H])C([2H])([2H])[2H]. The van der Waals surface area contributed by atoms with Gasteiger partial charge in [-0.2, -0.15) is 0 Å². The minimum absolute atomic E-state index is 0. The van der Waals surface area contributed by atoms with Gasteiger partial charge in [0.2, 0.25) is 28.5 Å². The van der Waals surface area contributed by atoms with Crippen LogP contribution in [0.1, 0.15) is 254 Å². The molecule has 0 spiro atoms. The summed E-state index contributed by atoms with van der Waals surface area (Å²) >= 11 is 0. The van der Waals surface area contributed by atoms with Crippen LogP contribution < -0.4 is 22.8 Å². The molecule has 10 aromatic rings. The van der Waals surface area contributed by atoms with Crippen molar-refractivity contribution >= 4 is 0 Å². The Morgan fingerprint density at radius 3 is 0.866 bits per heavy atom. The van der Waals surface area contributed by atoms with Crippen LogP contribution in [0, 0.1) is 34.6 Å². The summed E-state index contributed by atoms with van der Waals surface area (Å²) in [5.74, 6) is -3.83. The predicted octanol–water partition coefficient (Wildman–Crippen LogP) is 22.4. The molecule has 0 saturated heterocycles. The van der Waals surface area contributed by atoms with E-state index in [1.165, 1.54) is 63.9 Å². The fraction of sp³-hybridized carbons (Fsp3) is 0.402. The van der Waals surface area contributed by atoms with E-state index in [0.717, 1.165) is 84.8 Å². The van der Waals surface area contributed by atoms with Crippen molar-refractivity contribution in [3.8, 4) is 56.3 Å². The maximum Gasteiger partial charge on any atom is 0.212 e. The number of rotatable bonds is 15. The Bertz CT molecular complexity index is 5300. The molecule has 0 N–H and O–H groups in total. The van der Waals surface area contributed by atoms with E-state index < -0.39 is 94.9 Å². The summed E-state index contributed by atoms with van der Waals surface area (Å²) in [4.78, 5) is 0. The van der Waals surface area contributed by atoms with Crippen molar-refractivity contribution in [1.82, 2.24) is 0 Å². The molecule has 0 aliphatic carbocycles. The third-order valence-corrected chi connectivity index (χ3v) is 16.4. The largest absolute Gasteiger partial charge is 0.212 e. The fourth-order valence-electron chi connectivity index (χ4n) is 11.1. The van der Waals surface area contributed by atoms with Gasteiger partial charge in [0.05, 0.1) is 0 Å². The fourth-order valence-corrected chi connectivity index (χ4v) is 11.1. The molecule has 0 saturated carbocycles. The molecule has 0 aliphatic rings. The second-order valence-electron chi connectivity index (χ2n) is 22.8. The van der Waals surface area contributed by atoms with Crippen LogP contribution in [0.25, 0.3) is 56.3 Å². The highest BCUT2D eigenvalue weighted by Crippen LogP contribution is 2.30. The molecule has 5 aromatic heterocycles. The molecule has 0 fully saturated rings. The lowest BCUT2D eigenvalue weighted by Crippen LogP contribution is -2.32. The number of hydrogen-bond acceptors (Lipinski definition) is 0. The third kappa shape index (κ3) is 22.2. The predicted molar refractivity (Wildman–Crippen MR) is 426 cm³/mol. The first kappa shape index (κ1) is 50.2. The number of benzene rings is 5. The average molecular weight is 1340 g/mol. The maximum atomic E-state index is 8.48. The molecule has 5 heteroatoms. The van der Waals surface area contributed by atoms with Crippen molar-refractivity contribution in [3.63, 3.8) is 0 Å². The zero-order valence-electron chi connectivity index (χ0n) is 85.3. The van der Waals surface area contributed by atoms with Gasteiger partial charge in [-0.1, -0.05) is 211 Å². The average Bonchev–Trinajstić information content (AvgIpc) is 0.733. The van der Waals surface area contributed by atoms with Gasteiger partial charge < -0.3 is 0 Å². The molecule has 5 nitrogen and oxygen atoms in total. The van der Waals surface area contributed by atoms with Gasteiger partial charge in [-0.25, -0.2) is 22.8 Å². The summed E-state index contributed by atoms with van der Waals surface area (Å²) in [7, 11) is 9.06. The first-order valence-electron chi connectivity index (χ1n) is 44.9. The molecular weight excluding hydrogens is 1180 g/mol. The quantitative estimate of drug-likeness (QED) is 0.0912. The Labute approximate surface area is 634 Å².